The fourth-order valence-electron chi connectivity index (χ4n) is 3.88. The molecule has 2 atom stereocenters. The summed E-state index contributed by atoms with van der Waals surface area (Å²) in [6.07, 6.45) is 0.0391. The van der Waals surface area contributed by atoms with E-state index in [1.807, 2.05) is 42.5 Å². The Kier molecular flexibility index (Phi) is 6.07. The van der Waals surface area contributed by atoms with Crippen LogP contribution in [0.2, 0.25) is 0 Å². The molecule has 4 rings (SSSR count). The molecule has 2 unspecified atom stereocenters. The van der Waals surface area contributed by atoms with E-state index in [-0.39, 0.29) is 6.04 Å². The van der Waals surface area contributed by atoms with Crippen molar-refractivity contribution >= 4 is 11.0 Å². The predicted octanol–water partition coefficient (Wildman–Crippen LogP) is 3.30. The van der Waals surface area contributed by atoms with Crippen LogP contribution in [0.3, 0.4) is 0 Å². The molecule has 2 aromatic carbocycles. The summed E-state index contributed by atoms with van der Waals surface area (Å²) in [5, 5.41) is 15.1. The minimum Gasteiger partial charge on any atom is -0.461 e. The van der Waals surface area contributed by atoms with E-state index in [1.54, 1.807) is 0 Å². The average Bonchev–Trinajstić information content (AvgIpc) is 3.10. The van der Waals surface area contributed by atoms with Gasteiger partial charge in [0.2, 0.25) is 0 Å². The smallest absolute Gasteiger partial charge is 0.171 e. The van der Waals surface area contributed by atoms with Gasteiger partial charge in [-0.15, -0.1) is 0 Å². The van der Waals surface area contributed by atoms with Crippen molar-refractivity contribution in [1.29, 1.82) is 0 Å². The van der Waals surface area contributed by atoms with Gasteiger partial charge in [-0.1, -0.05) is 55.5 Å². The number of nitrogens with one attached hydrogen (secondary N) is 1. The second kappa shape index (κ2) is 8.88. The summed E-state index contributed by atoms with van der Waals surface area (Å²) in [4.78, 5) is 2.37. The van der Waals surface area contributed by atoms with Gasteiger partial charge in [-0.3, -0.25) is 4.90 Å². The first-order chi connectivity index (χ1) is 13.7. The Balaban J connectivity index is 1.40. The fraction of sp³-hybridized carbons (Fsp3) is 0.391. The molecule has 148 valence electrons. The Morgan fingerprint density at radius 3 is 2.79 bits per heavy atom. The number of piperazine rings is 1. The molecule has 5 nitrogen and oxygen atoms in total. The van der Waals surface area contributed by atoms with Gasteiger partial charge in [-0.05, 0) is 11.6 Å². The molecule has 1 aliphatic rings. The van der Waals surface area contributed by atoms with Crippen molar-refractivity contribution in [3.05, 3.63) is 71.5 Å². The van der Waals surface area contributed by atoms with Crippen LogP contribution >= 0.6 is 0 Å². The van der Waals surface area contributed by atoms with Gasteiger partial charge in [0.05, 0.1) is 12.6 Å². The van der Waals surface area contributed by atoms with Crippen LogP contribution in [0, 0.1) is 0 Å². The predicted molar refractivity (Wildman–Crippen MR) is 110 cm³/mol. The number of aliphatic hydroxyl groups is 1. The topological polar surface area (TPSA) is 57.9 Å². The standard InChI is InChI=1S/C23H28N2O3/c1-2-21-19(18-10-6-7-11-22(18)28-21)14-25-13-12-24-20(15-25)23(26)27-16-17-8-4-3-5-9-17/h3-11,20,23-24,26H,2,12-16H2,1H3. The molecule has 0 amide bonds. The number of hydrogen-bond acceptors (Lipinski definition) is 5. The lowest BCUT2D eigenvalue weighted by molar-refractivity contribution is -0.136. The van der Waals surface area contributed by atoms with Crippen LogP contribution < -0.4 is 5.32 Å². The van der Waals surface area contributed by atoms with E-state index in [2.05, 4.69) is 29.3 Å². The van der Waals surface area contributed by atoms with Crippen molar-refractivity contribution in [2.45, 2.75) is 38.8 Å². The van der Waals surface area contributed by atoms with E-state index in [0.717, 1.165) is 49.5 Å². The number of furan rings is 1. The Labute approximate surface area is 165 Å². The maximum absolute atomic E-state index is 10.5. The number of fused-ring (bicyclic) bond motifs is 1. The first-order valence-corrected chi connectivity index (χ1v) is 10.0. The lowest BCUT2D eigenvalue weighted by Crippen LogP contribution is -2.55. The van der Waals surface area contributed by atoms with Crippen LogP contribution in [0.5, 0.6) is 0 Å². The molecule has 0 saturated carbocycles. The van der Waals surface area contributed by atoms with E-state index in [1.165, 1.54) is 10.9 Å². The summed E-state index contributed by atoms with van der Waals surface area (Å²) >= 11 is 0. The van der Waals surface area contributed by atoms with Crippen molar-refractivity contribution in [3.63, 3.8) is 0 Å². The molecule has 1 fully saturated rings. The lowest BCUT2D eigenvalue weighted by Gasteiger charge is -2.35. The summed E-state index contributed by atoms with van der Waals surface area (Å²) in [6.45, 7) is 5.86. The number of aliphatic hydroxyl groups excluding tert-OH is 1. The van der Waals surface area contributed by atoms with Gasteiger partial charge in [0.25, 0.3) is 0 Å². The summed E-state index contributed by atoms with van der Waals surface area (Å²) in [5.74, 6) is 1.05. The van der Waals surface area contributed by atoms with E-state index < -0.39 is 6.29 Å². The highest BCUT2D eigenvalue weighted by Gasteiger charge is 2.27. The molecule has 0 aliphatic carbocycles. The van der Waals surface area contributed by atoms with E-state index in [0.29, 0.717) is 6.61 Å². The zero-order valence-electron chi connectivity index (χ0n) is 16.3. The van der Waals surface area contributed by atoms with Gasteiger partial charge in [0.15, 0.2) is 6.29 Å². The van der Waals surface area contributed by atoms with Gasteiger partial charge in [-0.2, -0.15) is 0 Å². The largest absolute Gasteiger partial charge is 0.461 e. The zero-order valence-corrected chi connectivity index (χ0v) is 16.3. The van der Waals surface area contributed by atoms with Gasteiger partial charge >= 0.3 is 0 Å². The number of hydrogen-bond donors (Lipinski definition) is 2. The SMILES string of the molecule is CCc1oc2ccccc2c1CN1CCNC(C(O)OCc2ccccc2)C1. The molecule has 1 aliphatic heterocycles. The summed E-state index contributed by atoms with van der Waals surface area (Å²) in [6, 6.07) is 18.1. The van der Waals surface area contributed by atoms with Crippen LogP contribution in [-0.2, 0) is 24.3 Å². The third kappa shape index (κ3) is 4.28. The molecule has 0 spiro atoms. The summed E-state index contributed by atoms with van der Waals surface area (Å²) in [7, 11) is 0. The average molecular weight is 380 g/mol. The first kappa shape index (κ1) is 19.2. The second-order valence-corrected chi connectivity index (χ2v) is 7.34. The monoisotopic (exact) mass is 380 g/mol. The molecular formula is C23H28N2O3. The van der Waals surface area contributed by atoms with Crippen LogP contribution in [0.15, 0.2) is 59.0 Å². The third-order valence-corrected chi connectivity index (χ3v) is 5.38. The van der Waals surface area contributed by atoms with Gasteiger partial charge < -0.3 is 19.6 Å². The van der Waals surface area contributed by atoms with Crippen molar-refractivity contribution < 1.29 is 14.3 Å². The van der Waals surface area contributed by atoms with Crippen LogP contribution in [-0.4, -0.2) is 42.0 Å². The maximum atomic E-state index is 10.5. The molecule has 3 aromatic rings. The van der Waals surface area contributed by atoms with Crippen molar-refractivity contribution in [2.24, 2.45) is 0 Å². The van der Waals surface area contributed by atoms with Crippen LogP contribution in [0.1, 0.15) is 23.8 Å². The van der Waals surface area contributed by atoms with Crippen LogP contribution in [0.4, 0.5) is 0 Å². The second-order valence-electron chi connectivity index (χ2n) is 7.34. The molecule has 0 bridgehead atoms. The Hall–Kier alpha value is -2.18. The highest BCUT2D eigenvalue weighted by Crippen LogP contribution is 2.28. The summed E-state index contributed by atoms with van der Waals surface area (Å²) < 4.78 is 11.7. The molecule has 1 saturated heterocycles. The summed E-state index contributed by atoms with van der Waals surface area (Å²) in [5.41, 5.74) is 3.28. The number of ether oxygens (including phenoxy) is 1. The number of benzene rings is 2. The van der Waals surface area contributed by atoms with E-state index in [4.69, 9.17) is 9.15 Å². The zero-order chi connectivity index (χ0) is 19.3. The highest BCUT2D eigenvalue weighted by atomic mass is 16.6. The molecule has 1 aromatic heterocycles. The number of nitrogens with zero attached hydrogens (tertiary/aromatic N) is 1. The van der Waals surface area contributed by atoms with Gasteiger partial charge in [0, 0.05) is 43.5 Å². The van der Waals surface area contributed by atoms with Gasteiger partial charge in [0.1, 0.15) is 11.3 Å². The first-order valence-electron chi connectivity index (χ1n) is 10.0. The fourth-order valence-corrected chi connectivity index (χ4v) is 3.88. The van der Waals surface area contributed by atoms with E-state index >= 15 is 0 Å². The van der Waals surface area contributed by atoms with Crippen molar-refractivity contribution in [1.82, 2.24) is 10.2 Å². The maximum Gasteiger partial charge on any atom is 0.171 e. The molecule has 5 heteroatoms. The molecular weight excluding hydrogens is 352 g/mol. The molecule has 2 N–H and O–H groups in total. The number of aryl methyl sites for hydroxylation is 1. The Bertz CT molecular complexity index is 893. The van der Waals surface area contributed by atoms with Crippen molar-refractivity contribution in [2.75, 3.05) is 19.6 Å². The van der Waals surface area contributed by atoms with Gasteiger partial charge in [-0.25, -0.2) is 0 Å². The van der Waals surface area contributed by atoms with E-state index in [9.17, 15) is 5.11 Å². The normalized spacial score (nSPS) is 19.1. The van der Waals surface area contributed by atoms with Crippen LogP contribution in [0.25, 0.3) is 11.0 Å². The minimum atomic E-state index is -0.838. The Morgan fingerprint density at radius 1 is 1.18 bits per heavy atom. The number of rotatable bonds is 7. The van der Waals surface area contributed by atoms with Crippen molar-refractivity contribution in [3.8, 4) is 0 Å². The highest BCUT2D eigenvalue weighted by molar-refractivity contribution is 5.82. The quantitative estimate of drug-likeness (QED) is 0.616. The lowest BCUT2D eigenvalue weighted by atomic mass is 10.1. The number of para-hydroxylation sites is 1. The minimum absolute atomic E-state index is 0.110. The molecule has 28 heavy (non-hydrogen) atoms. The third-order valence-electron chi connectivity index (χ3n) is 5.38. The Morgan fingerprint density at radius 2 is 1.96 bits per heavy atom. The molecule has 2 heterocycles. The molecule has 0 radical (unpaired) electrons.